The Balaban J connectivity index is 1.84. The molecule has 0 radical (unpaired) electrons. The quantitative estimate of drug-likeness (QED) is 0.333. The summed E-state index contributed by atoms with van der Waals surface area (Å²) in [5.74, 6) is -0.680. The minimum atomic E-state index is -3.78. The number of aliphatic hydroxyl groups is 2. The molecule has 2 N–H and O–H groups in total. The summed E-state index contributed by atoms with van der Waals surface area (Å²) in [7, 11) is -3.78. The molecule has 1 heterocycles. The second-order valence-electron chi connectivity index (χ2n) is 10.4. The summed E-state index contributed by atoms with van der Waals surface area (Å²) < 4.78 is 55.7. The summed E-state index contributed by atoms with van der Waals surface area (Å²) in [6.07, 6.45) is 2.66. The predicted molar refractivity (Wildman–Crippen MR) is 142 cm³/mol. The Labute approximate surface area is 221 Å². The summed E-state index contributed by atoms with van der Waals surface area (Å²) in [4.78, 5) is 4.44. The molecule has 0 bridgehead atoms. The van der Waals surface area contributed by atoms with E-state index in [9.17, 15) is 27.4 Å². The van der Waals surface area contributed by atoms with Gasteiger partial charge >= 0.3 is 0 Å². The van der Waals surface area contributed by atoms with Gasteiger partial charge in [-0.15, -0.1) is 0 Å². The van der Waals surface area contributed by atoms with Crippen LogP contribution in [0.2, 0.25) is 0 Å². The number of nitrogens with zero attached hydrogens (tertiary/aromatic N) is 2. The lowest BCUT2D eigenvalue weighted by Crippen LogP contribution is -2.25. The number of hydrogen-bond donors (Lipinski definition) is 2. The van der Waals surface area contributed by atoms with Crippen molar-refractivity contribution in [3.05, 3.63) is 101 Å². The molecule has 0 saturated heterocycles. The van der Waals surface area contributed by atoms with E-state index in [0.29, 0.717) is 33.9 Å². The second kappa shape index (κ2) is 9.72. The zero-order valence-electron chi connectivity index (χ0n) is 21.8. The van der Waals surface area contributed by atoms with Crippen molar-refractivity contribution in [2.45, 2.75) is 50.2 Å². The third kappa shape index (κ3) is 5.14. The number of rotatable bonds is 7. The van der Waals surface area contributed by atoms with Gasteiger partial charge in [-0.25, -0.2) is 22.2 Å². The molecule has 0 unspecified atom stereocenters. The lowest BCUT2D eigenvalue weighted by atomic mass is 9.83. The SMILES string of the molecule is CC(C)(O)c1cn(-c2ccc(-c3cc(F)c(CO)c(S(C)(=O)=O)c3)cc2)c(C(C)(C)c2ccccc2F)n1. The van der Waals surface area contributed by atoms with Crippen LogP contribution in [0.15, 0.2) is 71.8 Å². The van der Waals surface area contributed by atoms with Crippen LogP contribution in [-0.2, 0) is 27.5 Å². The fourth-order valence-corrected chi connectivity index (χ4v) is 5.43. The molecule has 38 heavy (non-hydrogen) atoms. The standard InChI is InChI=1S/C29H30F2N2O4S/c1-28(2,22-8-6-7-9-23(22)30)27-32-26(29(3,4)35)16-33(27)20-12-10-18(11-13-20)19-14-24(31)21(17-34)25(15-19)38(5,36)37/h6-16,34-35H,17H2,1-5H3. The Hall–Kier alpha value is -3.40. The van der Waals surface area contributed by atoms with Gasteiger partial charge in [-0.3, -0.25) is 0 Å². The van der Waals surface area contributed by atoms with E-state index in [4.69, 9.17) is 4.98 Å². The van der Waals surface area contributed by atoms with Crippen molar-refractivity contribution in [2.75, 3.05) is 6.26 Å². The first-order valence-electron chi connectivity index (χ1n) is 12.0. The van der Waals surface area contributed by atoms with E-state index in [2.05, 4.69) is 0 Å². The molecule has 0 spiro atoms. The van der Waals surface area contributed by atoms with Crippen LogP contribution in [0.25, 0.3) is 16.8 Å². The number of sulfone groups is 1. The number of aliphatic hydroxyl groups excluding tert-OH is 1. The van der Waals surface area contributed by atoms with E-state index >= 15 is 0 Å². The van der Waals surface area contributed by atoms with E-state index in [1.807, 2.05) is 13.8 Å². The molecule has 6 nitrogen and oxygen atoms in total. The largest absolute Gasteiger partial charge is 0.392 e. The van der Waals surface area contributed by atoms with Crippen LogP contribution in [0.5, 0.6) is 0 Å². The molecular weight excluding hydrogens is 510 g/mol. The van der Waals surface area contributed by atoms with Gasteiger partial charge in [0.2, 0.25) is 0 Å². The van der Waals surface area contributed by atoms with Gasteiger partial charge in [0.15, 0.2) is 9.84 Å². The first-order chi connectivity index (χ1) is 17.6. The maximum absolute atomic E-state index is 14.8. The van der Waals surface area contributed by atoms with Crippen LogP contribution >= 0.6 is 0 Å². The summed E-state index contributed by atoms with van der Waals surface area (Å²) in [6, 6.07) is 15.9. The second-order valence-corrected chi connectivity index (χ2v) is 12.4. The van der Waals surface area contributed by atoms with Crippen LogP contribution in [0.1, 0.15) is 50.3 Å². The van der Waals surface area contributed by atoms with Crippen molar-refractivity contribution in [3.63, 3.8) is 0 Å². The highest BCUT2D eigenvalue weighted by Crippen LogP contribution is 2.36. The molecule has 0 fully saturated rings. The topological polar surface area (TPSA) is 92.4 Å². The summed E-state index contributed by atoms with van der Waals surface area (Å²) in [5.41, 5.74) is -0.00184. The maximum atomic E-state index is 14.8. The zero-order chi connectivity index (χ0) is 28.0. The fraction of sp³-hybridized carbons (Fsp3) is 0.276. The number of hydrogen-bond acceptors (Lipinski definition) is 5. The minimum absolute atomic E-state index is 0.266. The molecule has 0 atom stereocenters. The van der Waals surface area contributed by atoms with Crippen molar-refractivity contribution in [1.82, 2.24) is 9.55 Å². The lowest BCUT2D eigenvalue weighted by Gasteiger charge is -2.26. The van der Waals surface area contributed by atoms with E-state index < -0.39 is 33.3 Å². The van der Waals surface area contributed by atoms with Gasteiger partial charge in [-0.2, -0.15) is 0 Å². The first kappa shape index (κ1) is 27.6. The summed E-state index contributed by atoms with van der Waals surface area (Å²) in [6.45, 7) is 6.20. The molecule has 0 aliphatic carbocycles. The van der Waals surface area contributed by atoms with Gasteiger partial charge in [-0.05, 0) is 69.2 Å². The zero-order valence-corrected chi connectivity index (χ0v) is 22.6. The van der Waals surface area contributed by atoms with Crippen LogP contribution in [-0.4, -0.2) is 34.4 Å². The molecule has 200 valence electrons. The van der Waals surface area contributed by atoms with E-state index in [-0.39, 0.29) is 16.3 Å². The molecule has 4 rings (SSSR count). The Morgan fingerprint density at radius 1 is 0.921 bits per heavy atom. The molecule has 9 heteroatoms. The molecule has 0 aliphatic rings. The molecule has 1 aromatic heterocycles. The predicted octanol–water partition coefficient (Wildman–Crippen LogP) is 5.27. The Bertz CT molecular complexity index is 1600. The molecule has 0 saturated carbocycles. The Morgan fingerprint density at radius 3 is 2.11 bits per heavy atom. The summed E-state index contributed by atoms with van der Waals surface area (Å²) in [5, 5.41) is 20.1. The monoisotopic (exact) mass is 540 g/mol. The van der Waals surface area contributed by atoms with E-state index in [0.717, 1.165) is 6.26 Å². The van der Waals surface area contributed by atoms with Gasteiger partial charge in [-0.1, -0.05) is 30.3 Å². The number of imidazole rings is 1. The molecule has 0 aliphatic heterocycles. The normalized spacial score (nSPS) is 12.7. The summed E-state index contributed by atoms with van der Waals surface area (Å²) >= 11 is 0. The van der Waals surface area contributed by atoms with Crippen LogP contribution in [0.3, 0.4) is 0 Å². The van der Waals surface area contributed by atoms with Crippen molar-refractivity contribution in [1.29, 1.82) is 0 Å². The number of halogens is 2. The first-order valence-corrected chi connectivity index (χ1v) is 13.9. The van der Waals surface area contributed by atoms with Gasteiger partial charge in [0.05, 0.1) is 22.6 Å². The average Bonchev–Trinajstić information content (AvgIpc) is 3.30. The lowest BCUT2D eigenvalue weighted by molar-refractivity contribution is 0.0740. The Morgan fingerprint density at radius 2 is 1.55 bits per heavy atom. The minimum Gasteiger partial charge on any atom is -0.392 e. The number of aromatic nitrogens is 2. The molecule has 4 aromatic rings. The van der Waals surface area contributed by atoms with Crippen molar-refractivity contribution in [2.24, 2.45) is 0 Å². The average molecular weight is 541 g/mol. The smallest absolute Gasteiger partial charge is 0.176 e. The van der Waals surface area contributed by atoms with E-state index in [1.165, 1.54) is 18.2 Å². The van der Waals surface area contributed by atoms with Gasteiger partial charge < -0.3 is 14.8 Å². The molecular formula is C29H30F2N2O4S. The van der Waals surface area contributed by atoms with Crippen molar-refractivity contribution < 1.29 is 27.4 Å². The number of benzene rings is 3. The third-order valence-corrected chi connectivity index (χ3v) is 7.79. The van der Waals surface area contributed by atoms with Gasteiger partial charge in [0, 0.05) is 29.3 Å². The highest BCUT2D eigenvalue weighted by Gasteiger charge is 2.34. The fourth-order valence-electron chi connectivity index (χ4n) is 4.48. The van der Waals surface area contributed by atoms with Crippen molar-refractivity contribution >= 4 is 9.84 Å². The Kier molecular flexibility index (Phi) is 7.07. The molecule has 0 amide bonds. The van der Waals surface area contributed by atoms with Crippen LogP contribution in [0, 0.1) is 11.6 Å². The van der Waals surface area contributed by atoms with E-state index in [1.54, 1.807) is 67.1 Å². The maximum Gasteiger partial charge on any atom is 0.176 e. The molecule has 3 aromatic carbocycles. The van der Waals surface area contributed by atoms with Crippen molar-refractivity contribution in [3.8, 4) is 16.8 Å². The highest BCUT2D eigenvalue weighted by atomic mass is 32.2. The van der Waals surface area contributed by atoms with Crippen LogP contribution in [0.4, 0.5) is 8.78 Å². The third-order valence-electron chi connectivity index (χ3n) is 6.63. The van der Waals surface area contributed by atoms with Gasteiger partial charge in [0.25, 0.3) is 0 Å². The van der Waals surface area contributed by atoms with Gasteiger partial charge in [0.1, 0.15) is 23.1 Å². The van der Waals surface area contributed by atoms with Crippen LogP contribution < -0.4 is 0 Å². The highest BCUT2D eigenvalue weighted by molar-refractivity contribution is 7.90.